The van der Waals surface area contributed by atoms with Gasteiger partial charge in [0.1, 0.15) is 5.76 Å². The molecule has 0 aromatic heterocycles. The number of halogens is 2. The predicted molar refractivity (Wildman–Crippen MR) is 107 cm³/mol. The summed E-state index contributed by atoms with van der Waals surface area (Å²) in [5.41, 5.74) is 2.97. The minimum absolute atomic E-state index is 0.0440. The van der Waals surface area contributed by atoms with Crippen LogP contribution in [0.15, 0.2) is 17.9 Å². The van der Waals surface area contributed by atoms with Gasteiger partial charge in [-0.3, -0.25) is 9.59 Å². The van der Waals surface area contributed by atoms with Crippen molar-refractivity contribution in [1.29, 1.82) is 0 Å². The summed E-state index contributed by atoms with van der Waals surface area (Å²) < 4.78 is 33.5. The van der Waals surface area contributed by atoms with Crippen molar-refractivity contribution in [2.24, 2.45) is 5.92 Å². The highest BCUT2D eigenvalue weighted by Crippen LogP contribution is 2.48. The Morgan fingerprint density at radius 1 is 1.17 bits per heavy atom. The molecule has 0 atom stereocenters. The van der Waals surface area contributed by atoms with Crippen LogP contribution < -0.4 is 5.32 Å². The fourth-order valence-electron chi connectivity index (χ4n) is 4.36. The summed E-state index contributed by atoms with van der Waals surface area (Å²) in [6, 6.07) is 4.00. The van der Waals surface area contributed by atoms with Crippen LogP contribution in [0.2, 0.25) is 0 Å². The van der Waals surface area contributed by atoms with Crippen LogP contribution in [0.3, 0.4) is 0 Å². The van der Waals surface area contributed by atoms with Crippen LogP contribution in [0, 0.1) is 19.8 Å². The second-order valence-corrected chi connectivity index (χ2v) is 8.64. The van der Waals surface area contributed by atoms with E-state index in [1.54, 1.807) is 13.8 Å². The van der Waals surface area contributed by atoms with Gasteiger partial charge in [-0.15, -0.1) is 0 Å². The minimum Gasteiger partial charge on any atom is -0.427 e. The Morgan fingerprint density at radius 2 is 1.79 bits per heavy atom. The molecular weight excluding hydrogens is 376 g/mol. The van der Waals surface area contributed by atoms with Gasteiger partial charge in [-0.2, -0.15) is 0 Å². The van der Waals surface area contributed by atoms with Crippen molar-refractivity contribution in [1.82, 2.24) is 5.32 Å². The molecule has 0 bridgehead atoms. The third kappa shape index (κ3) is 3.94. The van der Waals surface area contributed by atoms with Crippen LogP contribution in [-0.4, -0.2) is 23.3 Å². The second-order valence-electron chi connectivity index (χ2n) is 8.64. The number of rotatable bonds is 4. The maximum absolute atomic E-state index is 13.9. The quantitative estimate of drug-likeness (QED) is 0.729. The number of benzene rings is 1. The van der Waals surface area contributed by atoms with Crippen LogP contribution >= 0.6 is 0 Å². The van der Waals surface area contributed by atoms with E-state index in [2.05, 4.69) is 5.32 Å². The number of nitrogens with one attached hydrogen (secondary N) is 1. The number of carbonyl (C=O) groups excluding carboxylic acids is 2. The van der Waals surface area contributed by atoms with Crippen molar-refractivity contribution in [2.75, 3.05) is 0 Å². The number of hydrogen-bond acceptors (Lipinski definition) is 3. The lowest BCUT2D eigenvalue weighted by atomic mass is 9.78. The van der Waals surface area contributed by atoms with E-state index in [4.69, 9.17) is 4.74 Å². The number of aryl methyl sites for hydroxylation is 3. The van der Waals surface area contributed by atoms with Gasteiger partial charge in [0.05, 0.1) is 17.0 Å². The maximum Gasteiger partial charge on any atom is 0.313 e. The molecule has 0 unspecified atom stereocenters. The van der Waals surface area contributed by atoms with Crippen molar-refractivity contribution < 1.29 is 23.1 Å². The topological polar surface area (TPSA) is 55.4 Å². The predicted octanol–water partition coefficient (Wildman–Crippen LogP) is 4.85. The van der Waals surface area contributed by atoms with Gasteiger partial charge in [-0.25, -0.2) is 8.78 Å². The molecule has 1 aliphatic carbocycles. The lowest BCUT2D eigenvalue weighted by Gasteiger charge is -2.38. The lowest BCUT2D eigenvalue weighted by Crippen LogP contribution is -2.50. The van der Waals surface area contributed by atoms with Gasteiger partial charge >= 0.3 is 5.97 Å². The molecule has 1 saturated carbocycles. The van der Waals surface area contributed by atoms with Gasteiger partial charge < -0.3 is 10.1 Å². The second kappa shape index (κ2) is 7.54. The lowest BCUT2D eigenvalue weighted by molar-refractivity contribution is -0.145. The molecule has 158 valence electrons. The van der Waals surface area contributed by atoms with Crippen LogP contribution in [0.25, 0.3) is 5.57 Å². The molecular formula is C23H29F2NO3. The summed E-state index contributed by atoms with van der Waals surface area (Å²) in [5.74, 6) is -3.76. The number of hydrogen-bond donors (Lipinski definition) is 1. The Kier molecular flexibility index (Phi) is 5.58. The highest BCUT2D eigenvalue weighted by atomic mass is 19.3. The molecule has 1 fully saturated rings. The first-order valence-electron chi connectivity index (χ1n) is 10.3. The SMILES string of the molecule is CCc1cc(C)cc(C)c1C1=C(OC(=O)C(C)C)C2(CCC(F)(F)CC2)NC1=O. The van der Waals surface area contributed by atoms with Crippen LogP contribution in [-0.2, 0) is 20.7 Å². The third-order valence-corrected chi connectivity index (χ3v) is 5.94. The van der Waals surface area contributed by atoms with Crippen molar-refractivity contribution in [3.05, 3.63) is 40.1 Å². The van der Waals surface area contributed by atoms with E-state index >= 15 is 0 Å². The molecule has 3 rings (SSSR count). The molecule has 1 aromatic carbocycles. The van der Waals surface area contributed by atoms with E-state index in [1.165, 1.54) is 0 Å². The van der Waals surface area contributed by atoms with Crippen LogP contribution in [0.5, 0.6) is 0 Å². The third-order valence-electron chi connectivity index (χ3n) is 5.94. The molecule has 2 aliphatic rings. The van der Waals surface area contributed by atoms with Gasteiger partial charge in [-0.1, -0.05) is 38.5 Å². The van der Waals surface area contributed by atoms with E-state index in [0.29, 0.717) is 12.0 Å². The summed E-state index contributed by atoms with van der Waals surface area (Å²) >= 11 is 0. The number of esters is 1. The van der Waals surface area contributed by atoms with Gasteiger partial charge in [0.2, 0.25) is 5.92 Å². The fraction of sp³-hybridized carbons (Fsp3) is 0.565. The molecule has 1 heterocycles. The number of carbonyl (C=O) groups is 2. The van der Waals surface area contributed by atoms with E-state index in [0.717, 1.165) is 22.3 Å². The Morgan fingerprint density at radius 3 is 2.34 bits per heavy atom. The Bertz CT molecular complexity index is 876. The van der Waals surface area contributed by atoms with E-state index in [1.807, 2.05) is 32.9 Å². The zero-order valence-corrected chi connectivity index (χ0v) is 17.7. The van der Waals surface area contributed by atoms with E-state index < -0.39 is 23.3 Å². The largest absolute Gasteiger partial charge is 0.427 e. The average molecular weight is 405 g/mol. The molecule has 0 saturated heterocycles. The zero-order valence-electron chi connectivity index (χ0n) is 17.7. The monoisotopic (exact) mass is 405 g/mol. The molecule has 1 amide bonds. The van der Waals surface area contributed by atoms with Crippen molar-refractivity contribution in [3.63, 3.8) is 0 Å². The highest BCUT2D eigenvalue weighted by molar-refractivity contribution is 6.24. The summed E-state index contributed by atoms with van der Waals surface area (Å²) in [6.45, 7) is 9.33. The van der Waals surface area contributed by atoms with Crippen molar-refractivity contribution in [3.8, 4) is 0 Å². The van der Waals surface area contributed by atoms with Crippen LogP contribution in [0.4, 0.5) is 8.78 Å². The maximum atomic E-state index is 13.9. The first-order valence-corrected chi connectivity index (χ1v) is 10.3. The smallest absolute Gasteiger partial charge is 0.313 e. The number of alkyl halides is 2. The minimum atomic E-state index is -2.76. The molecule has 1 aromatic rings. The molecule has 1 spiro atoms. The van der Waals surface area contributed by atoms with E-state index in [9.17, 15) is 18.4 Å². The molecule has 1 N–H and O–H groups in total. The van der Waals surface area contributed by atoms with Crippen molar-refractivity contribution in [2.45, 2.75) is 78.2 Å². The van der Waals surface area contributed by atoms with Crippen LogP contribution in [0.1, 0.15) is 68.7 Å². The van der Waals surface area contributed by atoms with Gasteiger partial charge in [-0.05, 0) is 49.8 Å². The zero-order chi connectivity index (χ0) is 21.6. The Hall–Kier alpha value is -2.24. The summed E-state index contributed by atoms with van der Waals surface area (Å²) in [6.07, 6.45) is 0.0867. The van der Waals surface area contributed by atoms with Crippen molar-refractivity contribution >= 4 is 17.4 Å². The first-order chi connectivity index (χ1) is 13.5. The normalized spacial score (nSPS) is 20.3. The summed E-state index contributed by atoms with van der Waals surface area (Å²) in [5, 5.41) is 2.92. The van der Waals surface area contributed by atoms with Gasteiger partial charge in [0, 0.05) is 12.8 Å². The molecule has 4 nitrogen and oxygen atoms in total. The molecule has 0 radical (unpaired) electrons. The highest BCUT2D eigenvalue weighted by Gasteiger charge is 2.53. The Balaban J connectivity index is 2.20. The van der Waals surface area contributed by atoms with Gasteiger partial charge in [0.25, 0.3) is 5.91 Å². The molecule has 29 heavy (non-hydrogen) atoms. The average Bonchev–Trinajstić information content (AvgIpc) is 2.89. The van der Waals surface area contributed by atoms with E-state index in [-0.39, 0.29) is 37.3 Å². The van der Waals surface area contributed by atoms with Gasteiger partial charge in [0.15, 0.2) is 0 Å². The fourth-order valence-corrected chi connectivity index (χ4v) is 4.36. The standard InChI is InChI=1S/C23H29F2NO3/c1-6-16-12-14(4)11-15(5)17(16)18-19(29-21(28)13(2)3)22(26-20(18)27)7-9-23(24,25)10-8-22/h11-13H,6-10H2,1-5H3,(H,26,27). The number of ether oxygens (including phenoxy) is 1. The number of amides is 1. The molecule has 1 aliphatic heterocycles. The summed E-state index contributed by atoms with van der Waals surface area (Å²) in [4.78, 5) is 25.6. The Labute approximate surface area is 170 Å². The first kappa shape index (κ1) is 21.5. The molecule has 6 heteroatoms. The summed E-state index contributed by atoms with van der Waals surface area (Å²) in [7, 11) is 0.